The first-order chi connectivity index (χ1) is 15.6. The van der Waals surface area contributed by atoms with E-state index in [1.807, 2.05) is 12.1 Å². The molecule has 1 aliphatic heterocycles. The van der Waals surface area contributed by atoms with Gasteiger partial charge in [0.1, 0.15) is 0 Å². The van der Waals surface area contributed by atoms with Crippen molar-refractivity contribution in [1.29, 1.82) is 0 Å². The fourth-order valence-corrected chi connectivity index (χ4v) is 3.78. The summed E-state index contributed by atoms with van der Waals surface area (Å²) in [5.74, 6) is 0.0667. The lowest BCUT2D eigenvalue weighted by Gasteiger charge is -2.31. The Hall–Kier alpha value is -2.97. The number of fused-ring (bicyclic) bond motifs is 1. The van der Waals surface area contributed by atoms with Crippen molar-refractivity contribution >= 4 is 17.7 Å². The molecule has 8 nitrogen and oxygen atoms in total. The molecule has 0 spiro atoms. The minimum Gasteiger partial charge on any atom is -0.465 e. The number of hydrogen-bond acceptors (Lipinski definition) is 5. The first-order valence-corrected chi connectivity index (χ1v) is 11.4. The van der Waals surface area contributed by atoms with Crippen LogP contribution in [0.3, 0.4) is 0 Å². The zero-order valence-electron chi connectivity index (χ0n) is 18.5. The minimum atomic E-state index is -1.18. The Morgan fingerprint density at radius 3 is 2.47 bits per heavy atom. The first-order valence-electron chi connectivity index (χ1n) is 11.4. The molecule has 2 N–H and O–H groups in total. The van der Waals surface area contributed by atoms with Crippen LogP contribution in [0.15, 0.2) is 42.5 Å². The van der Waals surface area contributed by atoms with Crippen molar-refractivity contribution in [3.05, 3.63) is 48.0 Å². The third-order valence-electron chi connectivity index (χ3n) is 5.52. The fraction of sp³-hybridized carbons (Fsp3) is 0.458. The highest BCUT2D eigenvalue weighted by molar-refractivity contribution is 5.80. The van der Waals surface area contributed by atoms with Crippen LogP contribution in [0.1, 0.15) is 44.6 Å². The maximum Gasteiger partial charge on any atom is 0.411 e. The first kappa shape index (κ1) is 22.2. The standard InChI is InChI=1S/C21H25N5O3.C3H6/c1-2-29-17-10-12-25(13-11-17)14-15-6-8-16(9-7-15)18-4-3-5-19-22-20(23-21(27)28)24-26(18)19;1-2-3-1/h3-9,17H,2,10-14H2,1H3,(H,23,24)(H,27,28);1-3H2. The van der Waals surface area contributed by atoms with Crippen molar-refractivity contribution in [2.45, 2.75) is 51.7 Å². The Kier molecular flexibility index (Phi) is 7.34. The molecule has 0 radical (unpaired) electrons. The average molecular weight is 438 g/mol. The summed E-state index contributed by atoms with van der Waals surface area (Å²) in [7, 11) is 0. The van der Waals surface area contributed by atoms with Gasteiger partial charge in [0, 0.05) is 31.8 Å². The van der Waals surface area contributed by atoms with Gasteiger partial charge in [-0.15, -0.1) is 5.10 Å². The highest BCUT2D eigenvalue weighted by Crippen LogP contribution is 2.23. The summed E-state index contributed by atoms with van der Waals surface area (Å²) in [6.45, 7) is 5.89. The van der Waals surface area contributed by atoms with Gasteiger partial charge in [0.25, 0.3) is 5.95 Å². The van der Waals surface area contributed by atoms with Crippen LogP contribution >= 0.6 is 0 Å². The molecule has 1 amide bonds. The van der Waals surface area contributed by atoms with Crippen molar-refractivity contribution < 1.29 is 14.6 Å². The van der Waals surface area contributed by atoms with Crippen molar-refractivity contribution in [2.24, 2.45) is 0 Å². The molecule has 1 aromatic carbocycles. The molecule has 1 saturated heterocycles. The number of pyridine rings is 1. The van der Waals surface area contributed by atoms with E-state index in [-0.39, 0.29) is 5.95 Å². The Labute approximate surface area is 188 Å². The lowest BCUT2D eigenvalue weighted by atomic mass is 10.1. The summed E-state index contributed by atoms with van der Waals surface area (Å²) in [4.78, 5) is 17.5. The number of likely N-dealkylation sites (tertiary alicyclic amines) is 1. The van der Waals surface area contributed by atoms with Crippen LogP contribution in [0.4, 0.5) is 10.7 Å². The molecule has 8 heteroatoms. The molecular weight excluding hydrogens is 406 g/mol. The monoisotopic (exact) mass is 437 g/mol. The highest BCUT2D eigenvalue weighted by atomic mass is 16.5. The fourth-order valence-electron chi connectivity index (χ4n) is 3.78. The predicted octanol–water partition coefficient (Wildman–Crippen LogP) is 4.66. The van der Waals surface area contributed by atoms with E-state index in [0.717, 1.165) is 50.3 Å². The van der Waals surface area contributed by atoms with E-state index in [1.54, 1.807) is 10.6 Å². The van der Waals surface area contributed by atoms with Gasteiger partial charge in [-0.2, -0.15) is 4.98 Å². The van der Waals surface area contributed by atoms with E-state index in [1.165, 1.54) is 24.8 Å². The number of benzene rings is 1. The molecule has 1 saturated carbocycles. The number of rotatable bonds is 6. The van der Waals surface area contributed by atoms with Gasteiger partial charge in [-0.05, 0) is 37.5 Å². The quantitative estimate of drug-likeness (QED) is 0.583. The number of piperidine rings is 1. The summed E-state index contributed by atoms with van der Waals surface area (Å²) in [5, 5.41) is 15.3. The molecule has 1 aliphatic carbocycles. The number of nitrogens with zero attached hydrogens (tertiary/aromatic N) is 4. The van der Waals surface area contributed by atoms with Gasteiger partial charge in [0.05, 0.1) is 11.8 Å². The normalized spacial score (nSPS) is 16.4. The molecule has 32 heavy (non-hydrogen) atoms. The van der Waals surface area contributed by atoms with E-state index in [0.29, 0.717) is 11.8 Å². The molecule has 2 fully saturated rings. The zero-order valence-corrected chi connectivity index (χ0v) is 18.5. The Morgan fingerprint density at radius 1 is 1.12 bits per heavy atom. The third-order valence-corrected chi connectivity index (χ3v) is 5.52. The van der Waals surface area contributed by atoms with Gasteiger partial charge in [0.2, 0.25) is 0 Å². The summed E-state index contributed by atoms with van der Waals surface area (Å²) in [5.41, 5.74) is 3.72. The topological polar surface area (TPSA) is 92.0 Å². The maximum atomic E-state index is 10.8. The van der Waals surface area contributed by atoms with Crippen molar-refractivity contribution in [2.75, 3.05) is 25.0 Å². The molecule has 0 bridgehead atoms. The average Bonchev–Trinajstić information content (AvgIpc) is 3.62. The van der Waals surface area contributed by atoms with E-state index >= 15 is 0 Å². The molecular formula is C24H31N5O3. The predicted molar refractivity (Wildman–Crippen MR) is 124 cm³/mol. The number of amides is 1. The number of hydrogen-bond donors (Lipinski definition) is 2. The van der Waals surface area contributed by atoms with Crippen LogP contribution in [0.5, 0.6) is 0 Å². The van der Waals surface area contributed by atoms with Crippen LogP contribution in [0.25, 0.3) is 16.9 Å². The SMILES string of the molecule is C1CC1.CCOC1CCN(Cc2ccc(-c3cccc4nc(NC(=O)O)nn34)cc2)CC1. The molecule has 3 aromatic rings. The number of aromatic nitrogens is 3. The molecule has 3 heterocycles. The lowest BCUT2D eigenvalue weighted by Crippen LogP contribution is -2.36. The van der Waals surface area contributed by atoms with Crippen LogP contribution < -0.4 is 5.32 Å². The van der Waals surface area contributed by atoms with Crippen molar-refractivity contribution in [3.63, 3.8) is 0 Å². The number of carboxylic acid groups (broad SMARTS) is 1. The number of anilines is 1. The second kappa shape index (κ2) is 10.6. The summed E-state index contributed by atoms with van der Waals surface area (Å²) in [6, 6.07) is 14.0. The summed E-state index contributed by atoms with van der Waals surface area (Å²) in [6.07, 6.45) is 5.90. The number of nitrogens with one attached hydrogen (secondary N) is 1. The molecule has 5 rings (SSSR count). The number of ether oxygens (including phenoxy) is 1. The molecule has 0 unspecified atom stereocenters. The second-order valence-electron chi connectivity index (χ2n) is 8.24. The largest absolute Gasteiger partial charge is 0.465 e. The van der Waals surface area contributed by atoms with Gasteiger partial charge >= 0.3 is 6.09 Å². The van der Waals surface area contributed by atoms with Crippen LogP contribution in [0, 0.1) is 0 Å². The Bertz CT molecular complexity index is 1020. The molecule has 170 valence electrons. The zero-order chi connectivity index (χ0) is 22.3. The number of carbonyl (C=O) groups is 1. The van der Waals surface area contributed by atoms with Gasteiger partial charge in [0.15, 0.2) is 5.65 Å². The van der Waals surface area contributed by atoms with Gasteiger partial charge in [-0.25, -0.2) is 9.31 Å². The van der Waals surface area contributed by atoms with E-state index in [9.17, 15) is 4.79 Å². The second-order valence-corrected chi connectivity index (χ2v) is 8.24. The van der Waals surface area contributed by atoms with E-state index in [4.69, 9.17) is 9.84 Å². The van der Waals surface area contributed by atoms with Gasteiger partial charge in [-0.3, -0.25) is 10.2 Å². The summed E-state index contributed by atoms with van der Waals surface area (Å²) >= 11 is 0. The summed E-state index contributed by atoms with van der Waals surface area (Å²) < 4.78 is 7.38. The maximum absolute atomic E-state index is 10.8. The molecule has 2 aliphatic rings. The van der Waals surface area contributed by atoms with E-state index in [2.05, 4.69) is 51.5 Å². The van der Waals surface area contributed by atoms with E-state index < -0.39 is 6.09 Å². The smallest absolute Gasteiger partial charge is 0.411 e. The Balaban J connectivity index is 0.000000754. The third kappa shape index (κ3) is 6.05. The van der Waals surface area contributed by atoms with Crippen molar-refractivity contribution in [3.8, 4) is 11.3 Å². The lowest BCUT2D eigenvalue weighted by molar-refractivity contribution is 0.0125. The molecule has 0 atom stereocenters. The van der Waals surface area contributed by atoms with Crippen LogP contribution in [-0.2, 0) is 11.3 Å². The molecule has 2 aromatic heterocycles. The van der Waals surface area contributed by atoms with Crippen LogP contribution in [0.2, 0.25) is 0 Å². The van der Waals surface area contributed by atoms with Gasteiger partial charge < -0.3 is 9.84 Å². The minimum absolute atomic E-state index is 0.0667. The van der Waals surface area contributed by atoms with Gasteiger partial charge in [-0.1, -0.05) is 49.6 Å². The highest BCUT2D eigenvalue weighted by Gasteiger charge is 2.19. The van der Waals surface area contributed by atoms with Crippen LogP contribution in [-0.4, -0.2) is 56.5 Å². The Morgan fingerprint density at radius 2 is 1.84 bits per heavy atom. The van der Waals surface area contributed by atoms with Crippen molar-refractivity contribution in [1.82, 2.24) is 19.5 Å².